The summed E-state index contributed by atoms with van der Waals surface area (Å²) in [5.74, 6) is 0.362. The maximum Gasteiger partial charge on any atom is 0.277 e. The van der Waals surface area contributed by atoms with Crippen LogP contribution in [-0.4, -0.2) is 20.8 Å². The average molecular weight is 324 g/mol. The van der Waals surface area contributed by atoms with Crippen LogP contribution in [0.15, 0.2) is 53.3 Å². The third kappa shape index (κ3) is 3.71. The lowest BCUT2D eigenvalue weighted by molar-refractivity contribution is 0.101. The summed E-state index contributed by atoms with van der Waals surface area (Å²) in [6.07, 6.45) is 3.40. The van der Waals surface area contributed by atoms with Crippen molar-refractivity contribution in [2.45, 2.75) is 32.7 Å². The highest BCUT2D eigenvalue weighted by Gasteiger charge is 2.22. The second kappa shape index (κ2) is 6.31. The number of nitrogens with one attached hydrogen (secondary N) is 1. The Hall–Kier alpha value is -2.89. The number of hydrogen-bond acceptors (Lipinski definition) is 4. The number of rotatable bonds is 4. The maximum atomic E-state index is 12.3. The molecule has 0 aliphatic heterocycles. The number of anilines is 1. The van der Waals surface area contributed by atoms with Crippen LogP contribution < -0.4 is 5.32 Å². The number of nitrogens with zero attached hydrogens (tertiary/aromatic N) is 3. The number of amides is 1. The van der Waals surface area contributed by atoms with Crippen LogP contribution in [0.2, 0.25) is 0 Å². The van der Waals surface area contributed by atoms with Crippen LogP contribution in [-0.2, 0) is 12.0 Å². The second-order valence-corrected chi connectivity index (χ2v) is 6.69. The van der Waals surface area contributed by atoms with E-state index in [0.717, 1.165) is 5.56 Å². The lowest BCUT2D eigenvalue weighted by Crippen LogP contribution is -2.12. The molecule has 3 aromatic rings. The van der Waals surface area contributed by atoms with Gasteiger partial charge in [-0.2, -0.15) is 5.10 Å². The zero-order chi connectivity index (χ0) is 17.2. The predicted molar refractivity (Wildman–Crippen MR) is 90.9 cm³/mol. The van der Waals surface area contributed by atoms with Crippen molar-refractivity contribution in [3.05, 3.63) is 65.8 Å². The van der Waals surface area contributed by atoms with E-state index in [0.29, 0.717) is 18.0 Å². The number of hydrogen-bond donors (Lipinski definition) is 1. The van der Waals surface area contributed by atoms with Crippen molar-refractivity contribution < 1.29 is 9.32 Å². The minimum absolute atomic E-state index is 0.188. The van der Waals surface area contributed by atoms with Crippen LogP contribution in [0.25, 0.3) is 0 Å². The van der Waals surface area contributed by atoms with Gasteiger partial charge in [0.05, 0.1) is 18.4 Å². The molecule has 1 aromatic carbocycles. The fourth-order valence-corrected chi connectivity index (χ4v) is 2.22. The first kappa shape index (κ1) is 16.0. The van der Waals surface area contributed by atoms with E-state index in [9.17, 15) is 4.79 Å². The molecular formula is C18H20N4O2. The Morgan fingerprint density at radius 2 is 2.00 bits per heavy atom. The molecule has 3 rings (SSSR count). The van der Waals surface area contributed by atoms with Crippen molar-refractivity contribution in [2.75, 3.05) is 5.32 Å². The Morgan fingerprint density at radius 3 is 2.67 bits per heavy atom. The molecule has 0 radical (unpaired) electrons. The van der Waals surface area contributed by atoms with Crippen LogP contribution >= 0.6 is 0 Å². The molecule has 24 heavy (non-hydrogen) atoms. The maximum absolute atomic E-state index is 12.3. The number of carbonyl (C=O) groups excluding carboxylic acids is 1. The Morgan fingerprint density at radius 1 is 1.25 bits per heavy atom. The van der Waals surface area contributed by atoms with Gasteiger partial charge in [-0.1, -0.05) is 56.3 Å². The minimum Gasteiger partial charge on any atom is -0.360 e. The van der Waals surface area contributed by atoms with Crippen LogP contribution in [0, 0.1) is 0 Å². The van der Waals surface area contributed by atoms with Crippen LogP contribution in [0.1, 0.15) is 42.6 Å². The molecule has 0 unspecified atom stereocenters. The molecule has 0 aliphatic rings. The molecule has 2 heterocycles. The average Bonchev–Trinajstić information content (AvgIpc) is 3.17. The van der Waals surface area contributed by atoms with E-state index in [1.54, 1.807) is 23.1 Å². The lowest BCUT2D eigenvalue weighted by atomic mass is 9.93. The molecule has 0 spiro atoms. The molecule has 1 N–H and O–H groups in total. The molecule has 0 atom stereocenters. The van der Waals surface area contributed by atoms with E-state index in [-0.39, 0.29) is 17.0 Å². The van der Waals surface area contributed by atoms with E-state index >= 15 is 0 Å². The summed E-state index contributed by atoms with van der Waals surface area (Å²) in [6, 6.07) is 11.7. The predicted octanol–water partition coefficient (Wildman–Crippen LogP) is 3.47. The molecule has 0 aliphatic carbocycles. The molecule has 2 aromatic heterocycles. The molecule has 0 saturated carbocycles. The first-order valence-corrected chi connectivity index (χ1v) is 7.77. The summed E-state index contributed by atoms with van der Waals surface area (Å²) in [4.78, 5) is 12.3. The molecule has 1 amide bonds. The van der Waals surface area contributed by atoms with Crippen LogP contribution in [0.5, 0.6) is 0 Å². The quantitative estimate of drug-likeness (QED) is 0.797. The Labute approximate surface area is 140 Å². The van der Waals surface area contributed by atoms with Gasteiger partial charge in [-0.15, -0.1) is 0 Å². The van der Waals surface area contributed by atoms with Gasteiger partial charge in [0.25, 0.3) is 5.91 Å². The van der Waals surface area contributed by atoms with Crippen molar-refractivity contribution in [1.82, 2.24) is 14.9 Å². The summed E-state index contributed by atoms with van der Waals surface area (Å²) in [6.45, 7) is 6.66. The Kier molecular flexibility index (Phi) is 4.20. The van der Waals surface area contributed by atoms with Crippen molar-refractivity contribution >= 4 is 11.6 Å². The number of aromatic nitrogens is 3. The minimum atomic E-state index is -0.312. The van der Waals surface area contributed by atoms with Crippen molar-refractivity contribution in [1.29, 1.82) is 0 Å². The molecule has 6 nitrogen and oxygen atoms in total. The summed E-state index contributed by atoms with van der Waals surface area (Å²) in [5.41, 5.74) is 1.84. The third-order valence-electron chi connectivity index (χ3n) is 3.56. The Bertz CT molecular complexity index is 828. The van der Waals surface area contributed by atoms with E-state index in [4.69, 9.17) is 4.52 Å². The molecule has 0 bridgehead atoms. The van der Waals surface area contributed by atoms with Crippen LogP contribution in [0.3, 0.4) is 0 Å². The topological polar surface area (TPSA) is 73.0 Å². The zero-order valence-electron chi connectivity index (χ0n) is 14.0. The first-order chi connectivity index (χ1) is 11.4. The summed E-state index contributed by atoms with van der Waals surface area (Å²) >= 11 is 0. The molecular weight excluding hydrogens is 304 g/mol. The molecule has 6 heteroatoms. The van der Waals surface area contributed by atoms with Crippen molar-refractivity contribution in [2.24, 2.45) is 0 Å². The lowest BCUT2D eigenvalue weighted by Gasteiger charge is -2.12. The van der Waals surface area contributed by atoms with Gasteiger partial charge in [-0.05, 0) is 5.56 Å². The SMILES string of the molecule is CC(C)(C)c1cc(C(=O)Nc2cnn(Cc3ccccc3)c2)no1. The normalized spacial score (nSPS) is 11.5. The van der Waals surface area contributed by atoms with Crippen molar-refractivity contribution in [3.8, 4) is 0 Å². The number of benzene rings is 1. The van der Waals surface area contributed by atoms with Gasteiger partial charge in [0.2, 0.25) is 0 Å². The summed E-state index contributed by atoms with van der Waals surface area (Å²) in [5, 5.41) is 10.9. The van der Waals surface area contributed by atoms with Gasteiger partial charge in [0.15, 0.2) is 5.69 Å². The van der Waals surface area contributed by atoms with E-state index in [1.165, 1.54) is 0 Å². The summed E-state index contributed by atoms with van der Waals surface area (Å²) in [7, 11) is 0. The van der Waals surface area contributed by atoms with E-state index in [2.05, 4.69) is 15.6 Å². The van der Waals surface area contributed by atoms with Crippen molar-refractivity contribution in [3.63, 3.8) is 0 Å². The van der Waals surface area contributed by atoms with Gasteiger partial charge in [-0.3, -0.25) is 9.48 Å². The largest absolute Gasteiger partial charge is 0.360 e. The van der Waals surface area contributed by atoms with Crippen LogP contribution in [0.4, 0.5) is 5.69 Å². The molecule has 0 fully saturated rings. The van der Waals surface area contributed by atoms with Gasteiger partial charge >= 0.3 is 0 Å². The summed E-state index contributed by atoms with van der Waals surface area (Å²) < 4.78 is 7.01. The highest BCUT2D eigenvalue weighted by Crippen LogP contribution is 2.23. The Balaban J connectivity index is 1.66. The standard InChI is InChI=1S/C18H20N4O2/c1-18(2,3)16-9-15(21-24-16)17(23)20-14-10-19-22(12-14)11-13-7-5-4-6-8-13/h4-10,12H,11H2,1-3H3,(H,20,23). The van der Waals surface area contributed by atoms with E-state index < -0.39 is 0 Å². The first-order valence-electron chi connectivity index (χ1n) is 7.77. The van der Waals surface area contributed by atoms with E-state index in [1.807, 2.05) is 51.1 Å². The monoisotopic (exact) mass is 324 g/mol. The zero-order valence-corrected chi connectivity index (χ0v) is 14.0. The van der Waals surface area contributed by atoms with Gasteiger partial charge in [-0.25, -0.2) is 0 Å². The number of carbonyl (C=O) groups is 1. The molecule has 124 valence electrons. The fourth-order valence-electron chi connectivity index (χ4n) is 2.22. The smallest absolute Gasteiger partial charge is 0.277 e. The highest BCUT2D eigenvalue weighted by atomic mass is 16.5. The second-order valence-electron chi connectivity index (χ2n) is 6.69. The third-order valence-corrected chi connectivity index (χ3v) is 3.56. The molecule has 0 saturated heterocycles. The van der Waals surface area contributed by atoms with Gasteiger partial charge in [0.1, 0.15) is 5.76 Å². The fraction of sp³-hybridized carbons (Fsp3) is 0.278. The van der Waals surface area contributed by atoms with Gasteiger partial charge in [0, 0.05) is 17.7 Å². The van der Waals surface area contributed by atoms with Gasteiger partial charge < -0.3 is 9.84 Å². The highest BCUT2D eigenvalue weighted by molar-refractivity contribution is 6.02.